The number of aromatic amines is 1. The van der Waals surface area contributed by atoms with Crippen molar-refractivity contribution in [3.05, 3.63) is 42.9 Å². The zero-order chi connectivity index (χ0) is 17.4. The standard InChI is InChI=1S/C17H14FN5O2/c1-25-14(24)3-5-23-4-2-11-15(21-9-22-17(11)23)13-8-20-16-12(13)6-10(18)7-19-16/h2,4,6-9H,3,5H2,1H3,(H,19,20). The molecule has 0 aliphatic rings. The number of H-pyrrole nitrogens is 1. The van der Waals surface area contributed by atoms with E-state index in [1.165, 1.54) is 25.7 Å². The Morgan fingerprint density at radius 3 is 3.04 bits per heavy atom. The number of fused-ring (bicyclic) bond motifs is 2. The predicted octanol–water partition coefficient (Wildman–Crippen LogP) is 2.68. The van der Waals surface area contributed by atoms with Crippen molar-refractivity contribution in [1.29, 1.82) is 0 Å². The average Bonchev–Trinajstić information content (AvgIpc) is 3.23. The Balaban J connectivity index is 1.81. The molecule has 8 heteroatoms. The van der Waals surface area contributed by atoms with E-state index in [1.807, 2.05) is 16.8 Å². The Morgan fingerprint density at radius 2 is 2.20 bits per heavy atom. The van der Waals surface area contributed by atoms with Crippen LogP contribution in [0.3, 0.4) is 0 Å². The van der Waals surface area contributed by atoms with Gasteiger partial charge in [0.2, 0.25) is 0 Å². The molecule has 0 aliphatic heterocycles. The zero-order valence-electron chi connectivity index (χ0n) is 13.4. The first-order valence-electron chi connectivity index (χ1n) is 7.67. The molecule has 0 aliphatic carbocycles. The first kappa shape index (κ1) is 15.3. The van der Waals surface area contributed by atoms with E-state index in [0.29, 0.717) is 28.9 Å². The number of halogens is 1. The maximum atomic E-state index is 13.6. The van der Waals surface area contributed by atoms with E-state index in [2.05, 4.69) is 24.7 Å². The number of methoxy groups -OCH3 is 1. The third-order valence-electron chi connectivity index (χ3n) is 4.09. The van der Waals surface area contributed by atoms with Gasteiger partial charge in [0, 0.05) is 35.3 Å². The van der Waals surface area contributed by atoms with Gasteiger partial charge in [0.15, 0.2) is 0 Å². The molecule has 0 saturated carbocycles. The van der Waals surface area contributed by atoms with E-state index in [0.717, 1.165) is 10.9 Å². The van der Waals surface area contributed by atoms with Crippen molar-refractivity contribution in [3.63, 3.8) is 0 Å². The first-order valence-corrected chi connectivity index (χ1v) is 7.67. The number of aryl methyl sites for hydroxylation is 1. The second-order valence-corrected chi connectivity index (χ2v) is 5.55. The summed E-state index contributed by atoms with van der Waals surface area (Å²) in [7, 11) is 1.36. The average molecular weight is 339 g/mol. The van der Waals surface area contributed by atoms with Gasteiger partial charge in [-0.1, -0.05) is 0 Å². The number of aromatic nitrogens is 5. The van der Waals surface area contributed by atoms with Gasteiger partial charge in [0.25, 0.3) is 0 Å². The zero-order valence-corrected chi connectivity index (χ0v) is 13.4. The lowest BCUT2D eigenvalue weighted by molar-refractivity contribution is -0.140. The molecule has 126 valence electrons. The summed E-state index contributed by atoms with van der Waals surface area (Å²) in [5.74, 6) is -0.691. The van der Waals surface area contributed by atoms with Crippen LogP contribution in [0, 0.1) is 5.82 Å². The van der Waals surface area contributed by atoms with E-state index in [9.17, 15) is 9.18 Å². The van der Waals surface area contributed by atoms with E-state index in [4.69, 9.17) is 0 Å². The quantitative estimate of drug-likeness (QED) is 0.578. The number of ether oxygens (including phenoxy) is 1. The molecule has 0 spiro atoms. The summed E-state index contributed by atoms with van der Waals surface area (Å²) in [4.78, 5) is 27.1. The highest BCUT2D eigenvalue weighted by molar-refractivity contribution is 6.01. The van der Waals surface area contributed by atoms with Crippen LogP contribution in [0.5, 0.6) is 0 Å². The SMILES string of the molecule is COC(=O)CCn1ccc2c(-c3c[nH]c4ncc(F)cc34)ncnc21. The van der Waals surface area contributed by atoms with Crippen LogP contribution in [-0.2, 0) is 16.1 Å². The van der Waals surface area contributed by atoms with Crippen molar-refractivity contribution in [2.45, 2.75) is 13.0 Å². The van der Waals surface area contributed by atoms with Crippen LogP contribution in [0.4, 0.5) is 4.39 Å². The third kappa shape index (κ3) is 2.61. The highest BCUT2D eigenvalue weighted by atomic mass is 19.1. The molecule has 25 heavy (non-hydrogen) atoms. The maximum absolute atomic E-state index is 13.6. The van der Waals surface area contributed by atoms with Crippen molar-refractivity contribution in [2.24, 2.45) is 0 Å². The molecule has 0 radical (unpaired) electrons. The number of nitrogens with one attached hydrogen (secondary N) is 1. The van der Waals surface area contributed by atoms with Gasteiger partial charge in [-0.05, 0) is 12.1 Å². The lowest BCUT2D eigenvalue weighted by Gasteiger charge is -2.05. The fourth-order valence-electron chi connectivity index (χ4n) is 2.89. The second-order valence-electron chi connectivity index (χ2n) is 5.55. The number of hydrogen-bond donors (Lipinski definition) is 1. The summed E-state index contributed by atoms with van der Waals surface area (Å²) in [5, 5.41) is 1.47. The molecule has 1 N–H and O–H groups in total. The fraction of sp³-hybridized carbons (Fsp3) is 0.176. The molecular weight excluding hydrogens is 325 g/mol. The number of rotatable bonds is 4. The van der Waals surface area contributed by atoms with Gasteiger partial charge in [0.05, 0.1) is 25.4 Å². The molecule has 4 aromatic heterocycles. The van der Waals surface area contributed by atoms with E-state index < -0.39 is 5.82 Å². The van der Waals surface area contributed by atoms with Crippen molar-refractivity contribution >= 4 is 28.0 Å². The van der Waals surface area contributed by atoms with Gasteiger partial charge in [-0.3, -0.25) is 4.79 Å². The van der Waals surface area contributed by atoms with E-state index >= 15 is 0 Å². The predicted molar refractivity (Wildman–Crippen MR) is 89.2 cm³/mol. The summed E-state index contributed by atoms with van der Waals surface area (Å²) in [6.45, 7) is 0.455. The van der Waals surface area contributed by atoms with Crippen LogP contribution >= 0.6 is 0 Å². The molecule has 0 saturated heterocycles. The second kappa shape index (κ2) is 5.97. The summed E-state index contributed by atoms with van der Waals surface area (Å²) in [6.07, 6.45) is 6.48. The highest BCUT2D eigenvalue weighted by Gasteiger charge is 2.15. The van der Waals surface area contributed by atoms with Crippen LogP contribution in [0.25, 0.3) is 33.3 Å². The Hall–Kier alpha value is -3.29. The van der Waals surface area contributed by atoms with Gasteiger partial charge in [-0.15, -0.1) is 0 Å². The van der Waals surface area contributed by atoms with E-state index in [-0.39, 0.29) is 12.4 Å². The monoisotopic (exact) mass is 339 g/mol. The molecule has 7 nitrogen and oxygen atoms in total. The minimum absolute atomic E-state index is 0.252. The summed E-state index contributed by atoms with van der Waals surface area (Å²) in [5.41, 5.74) is 2.72. The molecular formula is C17H14FN5O2. The van der Waals surface area contributed by atoms with Crippen LogP contribution in [0.1, 0.15) is 6.42 Å². The minimum atomic E-state index is -0.408. The normalized spacial score (nSPS) is 11.3. The van der Waals surface area contributed by atoms with Crippen LogP contribution in [-0.4, -0.2) is 37.6 Å². The smallest absolute Gasteiger partial charge is 0.307 e. The molecule has 0 aromatic carbocycles. The molecule has 4 aromatic rings. The Bertz CT molecular complexity index is 1090. The van der Waals surface area contributed by atoms with Gasteiger partial charge in [-0.2, -0.15) is 0 Å². The molecule has 4 heterocycles. The van der Waals surface area contributed by atoms with E-state index in [1.54, 1.807) is 6.20 Å². The first-order chi connectivity index (χ1) is 12.2. The Kier molecular flexibility index (Phi) is 3.64. The van der Waals surface area contributed by atoms with Gasteiger partial charge in [-0.25, -0.2) is 19.3 Å². The van der Waals surface area contributed by atoms with Crippen LogP contribution in [0.2, 0.25) is 0 Å². The summed E-state index contributed by atoms with van der Waals surface area (Å²) >= 11 is 0. The number of carbonyl (C=O) groups excluding carboxylic acids is 1. The van der Waals surface area contributed by atoms with Crippen molar-refractivity contribution in [3.8, 4) is 11.3 Å². The number of nitrogens with zero attached hydrogens (tertiary/aromatic N) is 4. The minimum Gasteiger partial charge on any atom is -0.469 e. The molecule has 0 bridgehead atoms. The topological polar surface area (TPSA) is 85.7 Å². The summed E-state index contributed by atoms with van der Waals surface area (Å²) < 4.78 is 20.1. The number of esters is 1. The van der Waals surface area contributed by atoms with Gasteiger partial charge >= 0.3 is 5.97 Å². The molecule has 0 unspecified atom stereocenters. The van der Waals surface area contributed by atoms with Gasteiger partial charge < -0.3 is 14.3 Å². The van der Waals surface area contributed by atoms with Crippen molar-refractivity contribution < 1.29 is 13.9 Å². The number of carbonyl (C=O) groups is 1. The van der Waals surface area contributed by atoms with Crippen molar-refractivity contribution in [2.75, 3.05) is 7.11 Å². The lowest BCUT2D eigenvalue weighted by Crippen LogP contribution is -2.06. The van der Waals surface area contributed by atoms with Crippen LogP contribution in [0.15, 0.2) is 37.1 Å². The fourth-order valence-corrected chi connectivity index (χ4v) is 2.89. The lowest BCUT2D eigenvalue weighted by atomic mass is 10.1. The largest absolute Gasteiger partial charge is 0.469 e. The van der Waals surface area contributed by atoms with Crippen LogP contribution < -0.4 is 0 Å². The number of hydrogen-bond acceptors (Lipinski definition) is 5. The number of pyridine rings is 1. The molecule has 4 rings (SSSR count). The third-order valence-corrected chi connectivity index (χ3v) is 4.09. The Labute approximate surface area is 141 Å². The van der Waals surface area contributed by atoms with Crippen molar-refractivity contribution in [1.82, 2.24) is 24.5 Å². The van der Waals surface area contributed by atoms with Gasteiger partial charge in [0.1, 0.15) is 23.4 Å². The molecule has 0 atom stereocenters. The Morgan fingerprint density at radius 1 is 1.32 bits per heavy atom. The molecule has 0 fully saturated rings. The molecule has 0 amide bonds. The highest BCUT2D eigenvalue weighted by Crippen LogP contribution is 2.31. The maximum Gasteiger partial charge on any atom is 0.307 e. The summed E-state index contributed by atoms with van der Waals surface area (Å²) in [6, 6.07) is 3.31.